The van der Waals surface area contributed by atoms with E-state index in [9.17, 15) is 33.9 Å². The number of rotatable bonds is 8. The van der Waals surface area contributed by atoms with E-state index in [1.807, 2.05) is 13.0 Å². The highest BCUT2D eigenvalue weighted by molar-refractivity contribution is 6.04. The van der Waals surface area contributed by atoms with Gasteiger partial charge in [-0.05, 0) is 95.7 Å². The average molecular weight is 778 g/mol. The number of likely N-dealkylation sites (tertiary alicyclic amines) is 2. The molecule has 2 saturated heterocycles. The van der Waals surface area contributed by atoms with Gasteiger partial charge in [-0.1, -0.05) is 19.1 Å². The van der Waals surface area contributed by atoms with Gasteiger partial charge in [0.1, 0.15) is 29.5 Å². The van der Waals surface area contributed by atoms with E-state index in [2.05, 4.69) is 0 Å². The summed E-state index contributed by atoms with van der Waals surface area (Å²) in [5.74, 6) is -1.78. The van der Waals surface area contributed by atoms with Gasteiger partial charge in [0.25, 0.3) is 0 Å². The third kappa shape index (κ3) is 7.77. The van der Waals surface area contributed by atoms with Gasteiger partial charge >= 0.3 is 24.1 Å². The lowest BCUT2D eigenvalue weighted by Crippen LogP contribution is -2.67. The molecule has 1 N–H and O–H groups in total. The van der Waals surface area contributed by atoms with Gasteiger partial charge in [0, 0.05) is 48.6 Å². The molecule has 6 rings (SSSR count). The molecule has 14 heteroatoms. The minimum Gasteiger partial charge on any atom is -0.488 e. The van der Waals surface area contributed by atoms with E-state index in [1.54, 1.807) is 72.9 Å². The molecule has 3 heterocycles. The zero-order valence-corrected chi connectivity index (χ0v) is 33.5. The molecule has 6 atom stereocenters. The third-order valence-corrected chi connectivity index (χ3v) is 11.4. The summed E-state index contributed by atoms with van der Waals surface area (Å²) in [5.41, 5.74) is 2.27. The maximum Gasteiger partial charge on any atom is 0.514 e. The number of nitrogens with zero attached hydrogens (tertiary/aromatic N) is 2. The molecule has 0 saturated carbocycles. The first-order valence-electron chi connectivity index (χ1n) is 19.2. The lowest BCUT2D eigenvalue weighted by Gasteiger charge is -2.43. The fourth-order valence-corrected chi connectivity index (χ4v) is 8.73. The van der Waals surface area contributed by atoms with E-state index < -0.39 is 70.3 Å². The lowest BCUT2D eigenvalue weighted by molar-refractivity contribution is -0.908. The highest BCUT2D eigenvalue weighted by Gasteiger charge is 2.62. The first kappa shape index (κ1) is 40.8. The van der Waals surface area contributed by atoms with Gasteiger partial charge in [0.2, 0.25) is 5.78 Å². The predicted molar refractivity (Wildman–Crippen MR) is 201 cm³/mol. The quantitative estimate of drug-likeness (QED) is 0.144. The molecule has 4 aliphatic rings. The maximum atomic E-state index is 13.8. The van der Waals surface area contributed by atoms with Crippen LogP contribution in [0.1, 0.15) is 99.6 Å². The molecule has 2 amide bonds. The van der Waals surface area contributed by atoms with E-state index >= 15 is 0 Å². The Hall–Kier alpha value is -4.82. The number of Topliss-reactive ketones (excluding diaryl/α,β-unsaturated/α-hetero) is 2. The number of hydrogen-bond donors (Lipinski definition) is 1. The van der Waals surface area contributed by atoms with Crippen molar-refractivity contribution in [1.29, 1.82) is 0 Å². The zero-order chi connectivity index (χ0) is 40.9. The Morgan fingerprint density at radius 2 is 1.68 bits per heavy atom. The van der Waals surface area contributed by atoms with Gasteiger partial charge in [-0.3, -0.25) is 14.5 Å². The van der Waals surface area contributed by atoms with Crippen LogP contribution in [0.25, 0.3) is 11.1 Å². The summed E-state index contributed by atoms with van der Waals surface area (Å²) in [4.78, 5) is 80.8. The number of quaternary nitrogens is 1. The Morgan fingerprint density at radius 1 is 0.946 bits per heavy atom. The first-order chi connectivity index (χ1) is 26.2. The molecule has 3 aliphatic heterocycles. The monoisotopic (exact) mass is 777 g/mol. The average Bonchev–Trinajstić information content (AvgIpc) is 3.72. The molecule has 14 nitrogen and oxygen atoms in total. The molecule has 4 unspecified atom stereocenters. The van der Waals surface area contributed by atoms with Crippen molar-refractivity contribution in [3.63, 3.8) is 0 Å². The second kappa shape index (κ2) is 15.3. The van der Waals surface area contributed by atoms with E-state index in [1.165, 1.54) is 4.90 Å². The molecule has 0 aromatic heterocycles. The van der Waals surface area contributed by atoms with E-state index in [0.29, 0.717) is 42.7 Å². The molecule has 0 bridgehead atoms. The Kier molecular flexibility index (Phi) is 11.1. The molecule has 2 fully saturated rings. The van der Waals surface area contributed by atoms with Crippen LogP contribution in [-0.2, 0) is 41.6 Å². The minimum absolute atomic E-state index is 0.0140. The van der Waals surface area contributed by atoms with E-state index in [4.69, 9.17) is 23.7 Å². The number of ketones is 2. The van der Waals surface area contributed by atoms with E-state index in [0.717, 1.165) is 22.3 Å². The number of carbonyl (C=O) groups is 6. The number of fused-ring (bicyclic) bond motifs is 4. The lowest BCUT2D eigenvalue weighted by atomic mass is 9.84. The largest absolute Gasteiger partial charge is 0.514 e. The predicted octanol–water partition coefficient (Wildman–Crippen LogP) is 5.99. The number of carboxylic acid groups (broad SMARTS) is 1. The molecule has 2 aromatic carbocycles. The van der Waals surface area contributed by atoms with Gasteiger partial charge in [0.15, 0.2) is 24.5 Å². The van der Waals surface area contributed by atoms with Crippen molar-refractivity contribution in [1.82, 2.24) is 4.90 Å². The molecular formula is C42H53N2O12+. The molecule has 56 heavy (non-hydrogen) atoms. The summed E-state index contributed by atoms with van der Waals surface area (Å²) >= 11 is 0. The number of hydrogen-bond acceptors (Lipinski definition) is 11. The van der Waals surface area contributed by atoms with Crippen LogP contribution in [0.5, 0.6) is 5.75 Å². The summed E-state index contributed by atoms with van der Waals surface area (Å²) in [6.45, 7) is 13.0. The fourth-order valence-electron chi connectivity index (χ4n) is 8.73. The topological polar surface area (TPSA) is 172 Å². The molecule has 1 aliphatic carbocycles. The minimum atomic E-state index is -1.09. The molecule has 0 spiro atoms. The van der Waals surface area contributed by atoms with Gasteiger partial charge in [-0.2, -0.15) is 4.79 Å². The summed E-state index contributed by atoms with van der Waals surface area (Å²) < 4.78 is 27.8. The smallest absolute Gasteiger partial charge is 0.488 e. The highest BCUT2D eigenvalue weighted by atomic mass is 16.6. The van der Waals surface area contributed by atoms with Crippen molar-refractivity contribution in [2.24, 2.45) is 11.8 Å². The molecule has 2 aromatic rings. The standard InChI is InChI=1S/C42H52N2O12/c1-23-13-32(44(19-23,40(50)51)41(2,3)4)38(48)54-22-33(45)26-9-11-28-27(15-26)21-53-35-17-29-25(16-30(28)35)10-12-34(36(29)46)55-37(47)31-14-24(20-52-8)18-43(31)39(49)56-42(5,6)7/h9,11,15-17,23-24,31-32,34H,10,12-14,18-22H2,1-8H3/p+1/t23-,24?,31?,32-,34?,44?/m0/s1. The van der Waals surface area contributed by atoms with Crippen LogP contribution in [0.2, 0.25) is 0 Å². The third-order valence-electron chi connectivity index (χ3n) is 11.4. The fraction of sp³-hybridized carbons (Fsp3) is 0.571. The van der Waals surface area contributed by atoms with Crippen LogP contribution < -0.4 is 4.74 Å². The zero-order valence-electron chi connectivity index (χ0n) is 33.5. The normalized spacial score (nSPS) is 25.7. The van der Waals surface area contributed by atoms with Gasteiger partial charge in [-0.25, -0.2) is 18.9 Å². The Bertz CT molecular complexity index is 1940. The van der Waals surface area contributed by atoms with Gasteiger partial charge < -0.3 is 28.8 Å². The molecule has 0 radical (unpaired) electrons. The highest BCUT2D eigenvalue weighted by Crippen LogP contribution is 2.43. The van der Waals surface area contributed by atoms with Crippen LogP contribution in [0.3, 0.4) is 0 Å². The van der Waals surface area contributed by atoms with Gasteiger partial charge in [0.05, 0.1) is 13.2 Å². The van der Waals surface area contributed by atoms with Crippen LogP contribution in [0.4, 0.5) is 9.59 Å². The summed E-state index contributed by atoms with van der Waals surface area (Å²) in [5, 5.41) is 10.2. The number of amides is 2. The Morgan fingerprint density at radius 3 is 2.34 bits per heavy atom. The SMILES string of the molecule is COCC1CC(C(=O)OC2CCc3cc4c(cc3C2=O)OCc2cc(C(=O)COC(=O)[C@@H]3C[C@H](C)C[N+]3(C(=O)O)C(C)(C)C)ccc2-4)N(C(=O)OC(C)(C)C)C1. The Labute approximate surface area is 326 Å². The summed E-state index contributed by atoms with van der Waals surface area (Å²) in [6, 6.07) is 6.86. The number of methoxy groups -OCH3 is 1. The number of benzene rings is 2. The Balaban J connectivity index is 1.13. The van der Waals surface area contributed by atoms with E-state index in [-0.39, 0.29) is 43.7 Å². The molecule has 302 valence electrons. The van der Waals surface area contributed by atoms with Crippen molar-refractivity contribution < 1.29 is 62.0 Å². The second-order valence-electron chi connectivity index (χ2n) is 17.6. The van der Waals surface area contributed by atoms with Crippen molar-refractivity contribution in [2.45, 2.75) is 110 Å². The summed E-state index contributed by atoms with van der Waals surface area (Å²) in [6.07, 6.45) is -1.36. The number of esters is 2. The summed E-state index contributed by atoms with van der Waals surface area (Å²) in [7, 11) is 1.56. The van der Waals surface area contributed by atoms with Crippen molar-refractivity contribution >= 4 is 35.7 Å². The van der Waals surface area contributed by atoms with Crippen LogP contribution in [0, 0.1) is 11.8 Å². The molecular weight excluding hydrogens is 724 g/mol. The van der Waals surface area contributed by atoms with Crippen LogP contribution in [-0.4, -0.2) is 113 Å². The van der Waals surface area contributed by atoms with Crippen molar-refractivity contribution in [2.75, 3.05) is 33.4 Å². The number of carbonyl (C=O) groups excluding carboxylic acids is 5. The van der Waals surface area contributed by atoms with Crippen molar-refractivity contribution in [3.05, 3.63) is 52.6 Å². The number of ether oxygens (including phenoxy) is 5. The van der Waals surface area contributed by atoms with Crippen LogP contribution in [0.15, 0.2) is 30.3 Å². The second-order valence-corrected chi connectivity index (χ2v) is 17.6. The number of aryl methyl sites for hydroxylation is 1. The first-order valence-corrected chi connectivity index (χ1v) is 19.2. The van der Waals surface area contributed by atoms with Crippen LogP contribution >= 0.6 is 0 Å². The van der Waals surface area contributed by atoms with Crippen molar-refractivity contribution in [3.8, 4) is 16.9 Å². The maximum absolute atomic E-state index is 13.8. The van der Waals surface area contributed by atoms with Gasteiger partial charge in [-0.15, -0.1) is 0 Å².